The number of nitrogens with one attached hydrogen (secondary N) is 1. The standard InChI is InChI=1S/C19H18FNO.ClH/c1-14(15-7-3-2-4-8-15)21-13-16-11-12-19(22-16)17-9-5-6-10-18(17)20;/h2-12,14,21H,13H2,1H3;1H/p-1. The van der Waals surface area contributed by atoms with Gasteiger partial charge in [-0.1, -0.05) is 42.5 Å². The highest BCUT2D eigenvalue weighted by molar-refractivity contribution is 5.58. The van der Waals surface area contributed by atoms with Gasteiger partial charge in [-0.3, -0.25) is 0 Å². The maximum atomic E-state index is 13.7. The van der Waals surface area contributed by atoms with Gasteiger partial charge < -0.3 is 22.1 Å². The van der Waals surface area contributed by atoms with Crippen LogP contribution in [0.25, 0.3) is 11.3 Å². The highest BCUT2D eigenvalue weighted by Gasteiger charge is 2.10. The fourth-order valence-corrected chi connectivity index (χ4v) is 2.39. The van der Waals surface area contributed by atoms with Crippen molar-refractivity contribution in [2.24, 2.45) is 0 Å². The predicted molar refractivity (Wildman–Crippen MR) is 85.8 cm³/mol. The molecule has 2 aromatic carbocycles. The van der Waals surface area contributed by atoms with Gasteiger partial charge in [0.05, 0.1) is 12.1 Å². The second kappa shape index (κ2) is 7.95. The Morgan fingerprint density at radius 2 is 1.65 bits per heavy atom. The SMILES string of the molecule is CC(NCc1ccc(-c2ccccc2F)o1)c1ccccc1.[Cl-]. The van der Waals surface area contributed by atoms with Gasteiger partial charge in [-0.15, -0.1) is 0 Å². The Morgan fingerprint density at radius 1 is 0.957 bits per heavy atom. The van der Waals surface area contributed by atoms with Crippen LogP contribution in [0.15, 0.2) is 71.1 Å². The van der Waals surface area contributed by atoms with Crippen LogP contribution >= 0.6 is 0 Å². The molecule has 1 aromatic heterocycles. The molecule has 1 atom stereocenters. The second-order valence-corrected chi connectivity index (χ2v) is 5.26. The van der Waals surface area contributed by atoms with Crippen molar-refractivity contribution in [2.45, 2.75) is 19.5 Å². The van der Waals surface area contributed by atoms with E-state index in [2.05, 4.69) is 24.4 Å². The molecular formula is C19H18ClFNO-. The van der Waals surface area contributed by atoms with E-state index in [1.54, 1.807) is 18.2 Å². The van der Waals surface area contributed by atoms with Crippen molar-refractivity contribution < 1.29 is 21.2 Å². The van der Waals surface area contributed by atoms with E-state index in [0.29, 0.717) is 17.9 Å². The molecular weight excluding hydrogens is 313 g/mol. The topological polar surface area (TPSA) is 25.2 Å². The van der Waals surface area contributed by atoms with Gasteiger partial charge in [0, 0.05) is 6.04 Å². The molecule has 120 valence electrons. The van der Waals surface area contributed by atoms with Crippen LogP contribution < -0.4 is 17.7 Å². The van der Waals surface area contributed by atoms with Crippen molar-refractivity contribution in [3.05, 3.63) is 83.9 Å². The Balaban J connectivity index is 0.00000192. The molecule has 1 unspecified atom stereocenters. The Morgan fingerprint density at radius 3 is 2.39 bits per heavy atom. The molecule has 2 nitrogen and oxygen atoms in total. The quantitative estimate of drug-likeness (QED) is 0.773. The minimum atomic E-state index is -0.269. The monoisotopic (exact) mass is 330 g/mol. The lowest BCUT2D eigenvalue weighted by molar-refractivity contribution is -0.00000563. The van der Waals surface area contributed by atoms with E-state index in [4.69, 9.17) is 4.42 Å². The Kier molecular flexibility index (Phi) is 5.97. The van der Waals surface area contributed by atoms with E-state index >= 15 is 0 Å². The number of furan rings is 1. The molecule has 1 heterocycles. The predicted octanol–water partition coefficient (Wildman–Crippen LogP) is 1.94. The molecule has 23 heavy (non-hydrogen) atoms. The lowest BCUT2D eigenvalue weighted by Gasteiger charge is -2.12. The van der Waals surface area contributed by atoms with Crippen LogP contribution in [0.5, 0.6) is 0 Å². The van der Waals surface area contributed by atoms with E-state index in [0.717, 1.165) is 5.76 Å². The highest BCUT2D eigenvalue weighted by atomic mass is 35.5. The zero-order valence-corrected chi connectivity index (χ0v) is 13.6. The number of halogens is 2. The van der Waals surface area contributed by atoms with E-state index in [9.17, 15) is 4.39 Å². The maximum Gasteiger partial charge on any atom is 0.137 e. The zero-order valence-electron chi connectivity index (χ0n) is 12.8. The Bertz CT molecular complexity index is 742. The molecule has 0 aliphatic rings. The minimum Gasteiger partial charge on any atom is -1.00 e. The van der Waals surface area contributed by atoms with Crippen LogP contribution in [0.4, 0.5) is 4.39 Å². The van der Waals surface area contributed by atoms with Crippen molar-refractivity contribution in [1.82, 2.24) is 5.32 Å². The normalized spacial score (nSPS) is 11.7. The molecule has 0 aliphatic heterocycles. The summed E-state index contributed by atoms with van der Waals surface area (Å²) in [5.74, 6) is 1.08. The molecule has 0 amide bonds. The van der Waals surface area contributed by atoms with Gasteiger partial charge in [0.15, 0.2) is 0 Å². The first kappa shape index (κ1) is 17.3. The van der Waals surface area contributed by atoms with Crippen molar-refractivity contribution in [3.63, 3.8) is 0 Å². The number of hydrogen-bond donors (Lipinski definition) is 1. The van der Waals surface area contributed by atoms with Crippen LogP contribution in [0.1, 0.15) is 24.3 Å². The van der Waals surface area contributed by atoms with Crippen LogP contribution in [0, 0.1) is 5.82 Å². The summed E-state index contributed by atoms with van der Waals surface area (Å²) in [5.41, 5.74) is 1.72. The lowest BCUT2D eigenvalue weighted by atomic mass is 10.1. The molecule has 0 spiro atoms. The second-order valence-electron chi connectivity index (χ2n) is 5.26. The first-order valence-electron chi connectivity index (χ1n) is 7.36. The molecule has 0 bridgehead atoms. The number of rotatable bonds is 5. The van der Waals surface area contributed by atoms with Crippen LogP contribution in [0.2, 0.25) is 0 Å². The van der Waals surface area contributed by atoms with Gasteiger partial charge in [-0.2, -0.15) is 0 Å². The van der Waals surface area contributed by atoms with Crippen LogP contribution in [0.3, 0.4) is 0 Å². The molecule has 3 rings (SSSR count). The first-order chi connectivity index (χ1) is 10.7. The molecule has 0 saturated carbocycles. The van der Waals surface area contributed by atoms with E-state index < -0.39 is 0 Å². The third-order valence-corrected chi connectivity index (χ3v) is 3.68. The molecule has 0 aliphatic carbocycles. The summed E-state index contributed by atoms with van der Waals surface area (Å²) in [5, 5.41) is 3.41. The third kappa shape index (κ3) is 4.21. The summed E-state index contributed by atoms with van der Waals surface area (Å²) in [6.45, 7) is 2.71. The summed E-state index contributed by atoms with van der Waals surface area (Å²) in [6.07, 6.45) is 0. The molecule has 0 radical (unpaired) electrons. The maximum absolute atomic E-state index is 13.7. The van der Waals surface area contributed by atoms with Crippen LogP contribution in [-0.2, 0) is 6.54 Å². The number of benzene rings is 2. The molecule has 0 saturated heterocycles. The number of hydrogen-bond acceptors (Lipinski definition) is 2. The summed E-state index contributed by atoms with van der Waals surface area (Å²) in [7, 11) is 0. The van der Waals surface area contributed by atoms with Crippen molar-refractivity contribution >= 4 is 0 Å². The van der Waals surface area contributed by atoms with Gasteiger partial charge in [-0.25, -0.2) is 4.39 Å². The van der Waals surface area contributed by atoms with Gasteiger partial charge in [0.2, 0.25) is 0 Å². The van der Waals surface area contributed by atoms with E-state index in [-0.39, 0.29) is 24.3 Å². The summed E-state index contributed by atoms with van der Waals surface area (Å²) < 4.78 is 19.5. The summed E-state index contributed by atoms with van der Waals surface area (Å²) >= 11 is 0. The smallest absolute Gasteiger partial charge is 0.137 e. The Labute approximate surface area is 141 Å². The summed E-state index contributed by atoms with van der Waals surface area (Å²) in [4.78, 5) is 0. The zero-order chi connectivity index (χ0) is 15.4. The highest BCUT2D eigenvalue weighted by Crippen LogP contribution is 2.25. The average molecular weight is 331 g/mol. The van der Waals surface area contributed by atoms with Crippen molar-refractivity contribution in [1.29, 1.82) is 0 Å². The van der Waals surface area contributed by atoms with Crippen LogP contribution in [-0.4, -0.2) is 0 Å². The summed E-state index contributed by atoms with van der Waals surface area (Å²) in [6, 6.07) is 20.8. The largest absolute Gasteiger partial charge is 1.00 e. The van der Waals surface area contributed by atoms with Gasteiger partial charge in [-0.05, 0) is 36.8 Å². The van der Waals surface area contributed by atoms with Crippen molar-refractivity contribution in [3.8, 4) is 11.3 Å². The third-order valence-electron chi connectivity index (χ3n) is 3.68. The van der Waals surface area contributed by atoms with E-state index in [1.807, 2.05) is 30.3 Å². The fraction of sp³-hybridized carbons (Fsp3) is 0.158. The molecule has 0 fully saturated rings. The lowest BCUT2D eigenvalue weighted by Crippen LogP contribution is -3.00. The van der Waals surface area contributed by atoms with E-state index in [1.165, 1.54) is 11.6 Å². The molecule has 3 aromatic rings. The fourth-order valence-electron chi connectivity index (χ4n) is 2.39. The van der Waals surface area contributed by atoms with Gasteiger partial charge in [0.1, 0.15) is 17.3 Å². The van der Waals surface area contributed by atoms with Crippen molar-refractivity contribution in [2.75, 3.05) is 0 Å². The molecule has 4 heteroatoms. The first-order valence-corrected chi connectivity index (χ1v) is 7.36. The molecule has 1 N–H and O–H groups in total. The Hall–Kier alpha value is -2.10. The minimum absolute atomic E-state index is 0. The van der Waals surface area contributed by atoms with Gasteiger partial charge in [0.25, 0.3) is 0 Å². The average Bonchev–Trinajstić information content (AvgIpc) is 3.02. The van der Waals surface area contributed by atoms with Gasteiger partial charge >= 0.3 is 0 Å².